The van der Waals surface area contributed by atoms with Crippen molar-refractivity contribution in [3.05, 3.63) is 59.8 Å². The minimum atomic E-state index is -0.275. The first-order chi connectivity index (χ1) is 18.4. The summed E-state index contributed by atoms with van der Waals surface area (Å²) >= 11 is 0. The van der Waals surface area contributed by atoms with Crippen molar-refractivity contribution in [2.45, 2.75) is 26.9 Å². The van der Waals surface area contributed by atoms with Crippen molar-refractivity contribution in [3.8, 4) is 17.1 Å². The molecule has 11 heteroatoms. The average molecular weight is 514 g/mol. The first-order valence-electron chi connectivity index (χ1n) is 12.5. The Kier molecular flexibility index (Phi) is 6.93. The van der Waals surface area contributed by atoms with E-state index in [1.54, 1.807) is 36.6 Å². The summed E-state index contributed by atoms with van der Waals surface area (Å²) in [4.78, 5) is 32.5. The van der Waals surface area contributed by atoms with Crippen LogP contribution >= 0.6 is 0 Å². The Hall–Kier alpha value is -4.51. The van der Waals surface area contributed by atoms with Crippen LogP contribution < -0.4 is 10.6 Å². The second kappa shape index (κ2) is 10.5. The van der Waals surface area contributed by atoms with Crippen molar-refractivity contribution < 1.29 is 9.90 Å². The highest BCUT2D eigenvalue weighted by atomic mass is 16.3. The Labute approximate surface area is 219 Å². The summed E-state index contributed by atoms with van der Waals surface area (Å²) in [5, 5.41) is 21.6. The molecule has 0 aliphatic heterocycles. The van der Waals surface area contributed by atoms with Gasteiger partial charge in [-0.15, -0.1) is 0 Å². The summed E-state index contributed by atoms with van der Waals surface area (Å²) < 4.78 is 1.90. The van der Waals surface area contributed by atoms with E-state index < -0.39 is 0 Å². The van der Waals surface area contributed by atoms with Crippen LogP contribution in [0.4, 0.5) is 5.69 Å². The maximum Gasteiger partial charge on any atom is 0.273 e. The molecule has 3 aromatic heterocycles. The molecular formula is C27H31N9O2. The average Bonchev–Trinajstić information content (AvgIpc) is 3.54. The number of aromatic amines is 1. The molecule has 0 saturated heterocycles. The Morgan fingerprint density at radius 1 is 1.18 bits per heavy atom. The molecule has 0 radical (unpaired) electrons. The van der Waals surface area contributed by atoms with Crippen molar-refractivity contribution in [2.75, 3.05) is 32.5 Å². The van der Waals surface area contributed by atoms with Gasteiger partial charge < -0.3 is 25.6 Å². The van der Waals surface area contributed by atoms with Gasteiger partial charge in [0.2, 0.25) is 0 Å². The summed E-state index contributed by atoms with van der Waals surface area (Å²) in [6, 6.07) is 8.66. The van der Waals surface area contributed by atoms with Gasteiger partial charge in [-0.1, -0.05) is 0 Å². The van der Waals surface area contributed by atoms with Crippen molar-refractivity contribution in [1.29, 1.82) is 0 Å². The largest absolute Gasteiger partial charge is 0.508 e. The first kappa shape index (κ1) is 25.2. The summed E-state index contributed by atoms with van der Waals surface area (Å²) in [5.41, 5.74) is 5.99. The van der Waals surface area contributed by atoms with Gasteiger partial charge in [0.1, 0.15) is 17.0 Å². The van der Waals surface area contributed by atoms with Crippen LogP contribution in [0.2, 0.25) is 0 Å². The maximum atomic E-state index is 13.7. The molecule has 0 saturated carbocycles. The summed E-state index contributed by atoms with van der Waals surface area (Å²) in [5.74, 6) is 0.173. The summed E-state index contributed by atoms with van der Waals surface area (Å²) in [6.45, 7) is 6.66. The lowest BCUT2D eigenvalue weighted by Crippen LogP contribution is -2.27. The SMILES string of the molecule is CCn1ncc(CN(C)C(=O)c2nc(-c3cc(NCCNC)c4nc[nH]c4c3)nc3ccc(O)cc23)c1C. The number of imidazole rings is 1. The summed E-state index contributed by atoms with van der Waals surface area (Å²) in [6.07, 6.45) is 3.44. The third-order valence-electron chi connectivity index (χ3n) is 6.61. The molecule has 0 fully saturated rings. The van der Waals surface area contributed by atoms with Gasteiger partial charge in [-0.05, 0) is 51.2 Å². The molecular weight excluding hydrogens is 482 g/mol. The second-order valence-corrected chi connectivity index (χ2v) is 9.18. The van der Waals surface area contributed by atoms with E-state index in [4.69, 9.17) is 9.97 Å². The molecule has 0 aliphatic carbocycles. The molecule has 0 bridgehead atoms. The molecule has 0 unspecified atom stereocenters. The number of aromatic nitrogens is 6. The van der Waals surface area contributed by atoms with Crippen LogP contribution in [0.25, 0.3) is 33.3 Å². The molecule has 5 rings (SSSR count). The van der Waals surface area contributed by atoms with Gasteiger partial charge >= 0.3 is 0 Å². The number of nitrogens with one attached hydrogen (secondary N) is 3. The quantitative estimate of drug-likeness (QED) is 0.220. The number of amides is 1. The number of hydrogen-bond acceptors (Lipinski definition) is 8. The zero-order valence-electron chi connectivity index (χ0n) is 21.9. The van der Waals surface area contributed by atoms with Crippen LogP contribution in [0.15, 0.2) is 42.9 Å². The van der Waals surface area contributed by atoms with Gasteiger partial charge in [0.15, 0.2) is 5.82 Å². The normalized spacial score (nSPS) is 11.4. The molecule has 196 valence electrons. The number of hydrogen-bond donors (Lipinski definition) is 4. The minimum absolute atomic E-state index is 0.0421. The number of benzene rings is 2. The number of H-pyrrole nitrogens is 1. The zero-order chi connectivity index (χ0) is 26.8. The predicted molar refractivity (Wildman–Crippen MR) is 147 cm³/mol. The Morgan fingerprint density at radius 3 is 2.79 bits per heavy atom. The Bertz CT molecular complexity index is 1620. The van der Waals surface area contributed by atoms with E-state index in [-0.39, 0.29) is 17.4 Å². The molecule has 0 atom stereocenters. The molecule has 5 aromatic rings. The maximum absolute atomic E-state index is 13.7. The van der Waals surface area contributed by atoms with Gasteiger partial charge in [0, 0.05) is 55.4 Å². The highest BCUT2D eigenvalue weighted by Gasteiger charge is 2.22. The number of aryl methyl sites for hydroxylation is 1. The third kappa shape index (κ3) is 4.75. The van der Waals surface area contributed by atoms with E-state index in [0.717, 1.165) is 46.6 Å². The standard InChI is InChI=1S/C27H31N9O2/c1-5-36-16(2)18(13-32-36)14-35(4)27(38)24-20-12-19(37)6-7-21(20)33-26(34-24)17-10-22(29-9-8-28-3)25-23(11-17)30-15-31-25/h6-7,10-13,15,28-29,37H,5,8-9,14H2,1-4H3,(H,30,31). The van der Waals surface area contributed by atoms with Crippen LogP contribution in [0, 0.1) is 6.92 Å². The van der Waals surface area contributed by atoms with E-state index in [9.17, 15) is 9.90 Å². The molecule has 0 aliphatic rings. The minimum Gasteiger partial charge on any atom is -0.508 e. The highest BCUT2D eigenvalue weighted by molar-refractivity contribution is 6.05. The monoisotopic (exact) mass is 513 g/mol. The van der Waals surface area contributed by atoms with Gasteiger partial charge in [-0.2, -0.15) is 5.10 Å². The van der Waals surface area contributed by atoms with Gasteiger partial charge in [0.05, 0.1) is 29.2 Å². The molecule has 38 heavy (non-hydrogen) atoms. The molecule has 2 aromatic carbocycles. The molecule has 0 spiro atoms. The number of phenolic OH excluding ortho intramolecular Hbond substituents is 1. The number of phenols is 1. The smallest absolute Gasteiger partial charge is 0.273 e. The Morgan fingerprint density at radius 2 is 2.03 bits per heavy atom. The van der Waals surface area contributed by atoms with Gasteiger partial charge in [-0.25, -0.2) is 15.0 Å². The predicted octanol–water partition coefficient (Wildman–Crippen LogP) is 3.31. The van der Waals surface area contributed by atoms with Crippen molar-refractivity contribution in [2.24, 2.45) is 0 Å². The second-order valence-electron chi connectivity index (χ2n) is 9.18. The van der Waals surface area contributed by atoms with Gasteiger partial charge in [0.25, 0.3) is 5.91 Å². The third-order valence-corrected chi connectivity index (χ3v) is 6.61. The van der Waals surface area contributed by atoms with Crippen molar-refractivity contribution in [3.63, 3.8) is 0 Å². The fourth-order valence-corrected chi connectivity index (χ4v) is 4.51. The number of aromatic hydroxyl groups is 1. The molecule has 4 N–H and O–H groups in total. The van der Waals surface area contributed by atoms with Crippen LogP contribution in [-0.2, 0) is 13.1 Å². The lowest BCUT2D eigenvalue weighted by molar-refractivity contribution is 0.0781. The first-order valence-corrected chi connectivity index (χ1v) is 12.5. The lowest BCUT2D eigenvalue weighted by atomic mass is 10.1. The number of likely N-dealkylation sites (N-methyl/N-ethyl adjacent to an activating group) is 1. The van der Waals surface area contributed by atoms with E-state index >= 15 is 0 Å². The van der Waals surface area contributed by atoms with Crippen molar-refractivity contribution >= 4 is 33.5 Å². The highest BCUT2D eigenvalue weighted by Crippen LogP contribution is 2.30. The fourth-order valence-electron chi connectivity index (χ4n) is 4.51. The molecule has 11 nitrogen and oxygen atoms in total. The van der Waals surface area contributed by atoms with E-state index in [1.165, 1.54) is 6.07 Å². The number of fused-ring (bicyclic) bond motifs is 2. The number of nitrogens with zero attached hydrogens (tertiary/aromatic N) is 6. The van der Waals surface area contributed by atoms with E-state index in [0.29, 0.717) is 29.8 Å². The Balaban J connectivity index is 1.57. The number of rotatable bonds is 9. The number of anilines is 1. The number of carbonyl (C=O) groups is 1. The van der Waals surface area contributed by atoms with Crippen molar-refractivity contribution in [1.82, 2.24) is 39.9 Å². The molecule has 3 heterocycles. The van der Waals surface area contributed by atoms with E-state index in [1.807, 2.05) is 37.7 Å². The number of carbonyl (C=O) groups excluding carboxylic acids is 1. The van der Waals surface area contributed by atoms with E-state index in [2.05, 4.69) is 25.7 Å². The topological polar surface area (TPSA) is 137 Å². The van der Waals surface area contributed by atoms with Crippen LogP contribution in [0.3, 0.4) is 0 Å². The summed E-state index contributed by atoms with van der Waals surface area (Å²) in [7, 11) is 3.64. The lowest BCUT2D eigenvalue weighted by Gasteiger charge is -2.18. The zero-order valence-corrected chi connectivity index (χ0v) is 21.9. The molecule has 1 amide bonds. The van der Waals surface area contributed by atoms with Gasteiger partial charge in [-0.3, -0.25) is 9.48 Å². The van der Waals surface area contributed by atoms with Crippen LogP contribution in [0.1, 0.15) is 28.7 Å². The van der Waals surface area contributed by atoms with Crippen LogP contribution in [0.5, 0.6) is 5.75 Å². The van der Waals surface area contributed by atoms with Crippen LogP contribution in [-0.4, -0.2) is 72.8 Å². The fraction of sp³-hybridized carbons (Fsp3) is 0.296.